The standard InChI is InChI=1S/C11H18ClN3O4S/c1-7(2)4-8(11(16)17)5-14-20(18,19)10-9(12)6-13-15(10)3/h6-8,14H,4-5H2,1-3H3,(H,16,17). The van der Waals surface area contributed by atoms with Crippen molar-refractivity contribution in [2.45, 2.75) is 25.3 Å². The molecule has 9 heteroatoms. The van der Waals surface area contributed by atoms with Crippen LogP contribution in [0, 0.1) is 11.8 Å². The molecule has 0 saturated carbocycles. The van der Waals surface area contributed by atoms with Crippen LogP contribution in [0.2, 0.25) is 5.02 Å². The summed E-state index contributed by atoms with van der Waals surface area (Å²) >= 11 is 5.77. The summed E-state index contributed by atoms with van der Waals surface area (Å²) in [5, 5.41) is 12.6. The number of sulfonamides is 1. The Morgan fingerprint density at radius 3 is 2.55 bits per heavy atom. The predicted molar refractivity (Wildman–Crippen MR) is 74.0 cm³/mol. The Bertz CT molecular complexity index is 563. The Morgan fingerprint density at radius 1 is 1.55 bits per heavy atom. The number of carboxylic acid groups (broad SMARTS) is 1. The van der Waals surface area contributed by atoms with Gasteiger partial charge in [0.2, 0.25) is 0 Å². The minimum absolute atomic E-state index is 0.00395. The highest BCUT2D eigenvalue weighted by molar-refractivity contribution is 7.89. The highest BCUT2D eigenvalue weighted by Crippen LogP contribution is 2.20. The largest absolute Gasteiger partial charge is 0.481 e. The smallest absolute Gasteiger partial charge is 0.307 e. The summed E-state index contributed by atoms with van der Waals surface area (Å²) in [5.74, 6) is -1.66. The van der Waals surface area contributed by atoms with Gasteiger partial charge in [-0.05, 0) is 12.3 Å². The molecule has 20 heavy (non-hydrogen) atoms. The average molecular weight is 324 g/mol. The number of carboxylic acids is 1. The topological polar surface area (TPSA) is 101 Å². The first-order valence-electron chi connectivity index (χ1n) is 6.05. The van der Waals surface area contributed by atoms with Gasteiger partial charge in [-0.3, -0.25) is 9.48 Å². The molecule has 0 amide bonds. The first-order valence-corrected chi connectivity index (χ1v) is 7.91. The van der Waals surface area contributed by atoms with E-state index in [2.05, 4.69) is 9.82 Å². The number of nitrogens with zero attached hydrogens (tertiary/aromatic N) is 2. The van der Waals surface area contributed by atoms with E-state index < -0.39 is 21.9 Å². The fraction of sp³-hybridized carbons (Fsp3) is 0.636. The number of hydrogen-bond acceptors (Lipinski definition) is 4. The lowest BCUT2D eigenvalue weighted by Crippen LogP contribution is -2.34. The molecule has 1 aromatic heterocycles. The number of hydrogen-bond donors (Lipinski definition) is 2. The van der Waals surface area contributed by atoms with E-state index in [4.69, 9.17) is 16.7 Å². The second-order valence-corrected chi connectivity index (χ2v) is 7.03. The van der Waals surface area contributed by atoms with Gasteiger partial charge in [-0.1, -0.05) is 25.4 Å². The second kappa shape index (κ2) is 6.55. The number of nitrogens with one attached hydrogen (secondary N) is 1. The van der Waals surface area contributed by atoms with Gasteiger partial charge in [0.25, 0.3) is 10.0 Å². The molecule has 1 aromatic rings. The van der Waals surface area contributed by atoms with Crippen LogP contribution in [0.25, 0.3) is 0 Å². The van der Waals surface area contributed by atoms with E-state index in [1.54, 1.807) is 0 Å². The number of aliphatic carboxylic acids is 1. The third-order valence-corrected chi connectivity index (χ3v) is 4.65. The van der Waals surface area contributed by atoms with Crippen LogP contribution < -0.4 is 4.72 Å². The van der Waals surface area contributed by atoms with E-state index in [1.165, 1.54) is 13.2 Å². The van der Waals surface area contributed by atoms with Crippen molar-refractivity contribution < 1.29 is 18.3 Å². The molecule has 0 fully saturated rings. The van der Waals surface area contributed by atoms with Crippen molar-refractivity contribution in [3.63, 3.8) is 0 Å². The lowest BCUT2D eigenvalue weighted by molar-refractivity contribution is -0.142. The molecule has 0 aromatic carbocycles. The Kier molecular flexibility index (Phi) is 5.55. The number of aryl methyl sites for hydroxylation is 1. The van der Waals surface area contributed by atoms with Crippen LogP contribution in [0.15, 0.2) is 11.2 Å². The number of aromatic nitrogens is 2. The van der Waals surface area contributed by atoms with Crippen LogP contribution in [0.4, 0.5) is 0 Å². The molecule has 0 saturated heterocycles. The molecular formula is C11H18ClN3O4S. The molecular weight excluding hydrogens is 306 g/mol. The predicted octanol–water partition coefficient (Wildman–Crippen LogP) is 1.10. The highest BCUT2D eigenvalue weighted by atomic mass is 35.5. The van der Waals surface area contributed by atoms with E-state index in [-0.39, 0.29) is 22.5 Å². The van der Waals surface area contributed by atoms with Gasteiger partial charge in [0.15, 0.2) is 5.03 Å². The van der Waals surface area contributed by atoms with Gasteiger partial charge in [0, 0.05) is 13.6 Å². The molecule has 0 bridgehead atoms. The van der Waals surface area contributed by atoms with Crippen molar-refractivity contribution in [3.8, 4) is 0 Å². The van der Waals surface area contributed by atoms with Gasteiger partial charge >= 0.3 is 5.97 Å². The van der Waals surface area contributed by atoms with Gasteiger partial charge in [-0.25, -0.2) is 13.1 Å². The molecule has 2 N–H and O–H groups in total. The quantitative estimate of drug-likeness (QED) is 0.782. The summed E-state index contributed by atoms with van der Waals surface area (Å²) in [4.78, 5) is 11.1. The summed E-state index contributed by atoms with van der Waals surface area (Å²) < 4.78 is 27.6. The third-order valence-electron chi connectivity index (χ3n) is 2.72. The van der Waals surface area contributed by atoms with Gasteiger partial charge in [0.1, 0.15) is 0 Å². The van der Waals surface area contributed by atoms with E-state index in [1.807, 2.05) is 13.8 Å². The minimum Gasteiger partial charge on any atom is -0.481 e. The first kappa shape index (κ1) is 16.9. The number of halogens is 1. The maximum absolute atomic E-state index is 12.1. The second-order valence-electron chi connectivity index (χ2n) is 4.94. The van der Waals surface area contributed by atoms with E-state index >= 15 is 0 Å². The normalized spacial score (nSPS) is 13.7. The van der Waals surface area contributed by atoms with Crippen molar-refractivity contribution in [2.24, 2.45) is 18.9 Å². The molecule has 1 rings (SSSR count). The highest BCUT2D eigenvalue weighted by Gasteiger charge is 2.26. The molecule has 0 aliphatic heterocycles. The molecule has 7 nitrogen and oxygen atoms in total. The third kappa shape index (κ3) is 4.19. The molecule has 1 unspecified atom stereocenters. The van der Waals surface area contributed by atoms with Crippen LogP contribution >= 0.6 is 11.6 Å². The molecule has 0 aliphatic rings. The zero-order valence-electron chi connectivity index (χ0n) is 11.5. The number of carbonyl (C=O) groups is 1. The van der Waals surface area contributed by atoms with Crippen LogP contribution in [-0.2, 0) is 21.9 Å². The van der Waals surface area contributed by atoms with Crippen LogP contribution in [0.1, 0.15) is 20.3 Å². The summed E-state index contributed by atoms with van der Waals surface area (Å²) in [6.07, 6.45) is 1.61. The Morgan fingerprint density at radius 2 is 2.15 bits per heavy atom. The molecule has 0 radical (unpaired) electrons. The maximum Gasteiger partial charge on any atom is 0.307 e. The van der Waals surface area contributed by atoms with Crippen LogP contribution in [-0.4, -0.2) is 35.8 Å². The molecule has 114 valence electrons. The van der Waals surface area contributed by atoms with E-state index in [9.17, 15) is 13.2 Å². The van der Waals surface area contributed by atoms with Gasteiger partial charge in [-0.15, -0.1) is 0 Å². The fourth-order valence-corrected chi connectivity index (χ4v) is 3.55. The van der Waals surface area contributed by atoms with Crippen LogP contribution in [0.3, 0.4) is 0 Å². The average Bonchev–Trinajstić information content (AvgIpc) is 2.64. The lowest BCUT2D eigenvalue weighted by atomic mass is 9.98. The van der Waals surface area contributed by atoms with E-state index in [0.717, 1.165) is 4.68 Å². The number of rotatable bonds is 7. The van der Waals surface area contributed by atoms with Crippen molar-refractivity contribution >= 4 is 27.6 Å². The Hall–Kier alpha value is -1.12. The van der Waals surface area contributed by atoms with Crippen molar-refractivity contribution in [2.75, 3.05) is 6.54 Å². The Labute approximate surface area is 123 Å². The lowest BCUT2D eigenvalue weighted by Gasteiger charge is -2.15. The van der Waals surface area contributed by atoms with Crippen LogP contribution in [0.5, 0.6) is 0 Å². The van der Waals surface area contributed by atoms with Gasteiger partial charge in [0.05, 0.1) is 17.1 Å². The maximum atomic E-state index is 12.1. The van der Waals surface area contributed by atoms with Crippen molar-refractivity contribution in [3.05, 3.63) is 11.2 Å². The fourth-order valence-electron chi connectivity index (χ4n) is 1.82. The van der Waals surface area contributed by atoms with Crippen molar-refractivity contribution in [1.82, 2.24) is 14.5 Å². The Balaban J connectivity index is 2.84. The molecule has 0 spiro atoms. The molecule has 1 atom stereocenters. The summed E-state index contributed by atoms with van der Waals surface area (Å²) in [6, 6.07) is 0. The van der Waals surface area contributed by atoms with Gasteiger partial charge in [-0.2, -0.15) is 5.10 Å². The monoisotopic (exact) mass is 323 g/mol. The first-order chi connectivity index (χ1) is 9.15. The van der Waals surface area contributed by atoms with E-state index in [0.29, 0.717) is 6.42 Å². The SMILES string of the molecule is CC(C)CC(CNS(=O)(=O)c1c(Cl)cnn1C)C(=O)O. The minimum atomic E-state index is -3.89. The van der Waals surface area contributed by atoms with Gasteiger partial charge < -0.3 is 5.11 Å². The molecule has 1 heterocycles. The summed E-state index contributed by atoms with van der Waals surface area (Å²) in [6.45, 7) is 3.57. The zero-order chi connectivity index (χ0) is 15.5. The summed E-state index contributed by atoms with van der Waals surface area (Å²) in [5.41, 5.74) is 0. The van der Waals surface area contributed by atoms with Crippen molar-refractivity contribution in [1.29, 1.82) is 0 Å². The zero-order valence-corrected chi connectivity index (χ0v) is 13.1. The molecule has 0 aliphatic carbocycles. The summed E-state index contributed by atoms with van der Waals surface area (Å²) in [7, 11) is -2.44.